The molecule has 0 saturated heterocycles. The molecule has 0 unspecified atom stereocenters. The van der Waals surface area contributed by atoms with E-state index < -0.39 is 11.9 Å². The van der Waals surface area contributed by atoms with E-state index in [1.165, 1.54) is 6.92 Å². The zero-order valence-electron chi connectivity index (χ0n) is 10.3. The zero-order chi connectivity index (χ0) is 13.3. The van der Waals surface area contributed by atoms with E-state index in [0.717, 1.165) is 6.42 Å². The van der Waals surface area contributed by atoms with E-state index >= 15 is 0 Å². The fraction of sp³-hybridized carbons (Fsp3) is 0.500. The molecule has 0 aliphatic carbocycles. The number of allylic oxidation sites excluding steroid dienone is 1. The summed E-state index contributed by atoms with van der Waals surface area (Å²) in [7, 11) is 0. The van der Waals surface area contributed by atoms with Gasteiger partial charge in [0.1, 0.15) is 0 Å². The Morgan fingerprint density at radius 2 is 1.56 bits per heavy atom. The number of carboxylic acids is 2. The summed E-state index contributed by atoms with van der Waals surface area (Å²) < 4.78 is 0. The van der Waals surface area contributed by atoms with Crippen LogP contribution in [0.1, 0.15) is 34.1 Å². The molecule has 0 aromatic carbocycles. The second kappa shape index (κ2) is 8.71. The van der Waals surface area contributed by atoms with Crippen molar-refractivity contribution < 1.29 is 19.8 Å². The highest BCUT2D eigenvalue weighted by Gasteiger charge is 1.98. The highest BCUT2D eigenvalue weighted by molar-refractivity contribution is 5.85. The molecule has 4 nitrogen and oxygen atoms in total. The van der Waals surface area contributed by atoms with E-state index in [0.29, 0.717) is 11.5 Å². The van der Waals surface area contributed by atoms with Crippen molar-refractivity contribution in [3.63, 3.8) is 0 Å². The van der Waals surface area contributed by atoms with Crippen molar-refractivity contribution in [1.29, 1.82) is 0 Å². The predicted molar refractivity (Wildman–Crippen MR) is 63.3 cm³/mol. The maximum atomic E-state index is 10.2. The summed E-state index contributed by atoms with van der Waals surface area (Å²) in [6, 6.07) is 0. The highest BCUT2D eigenvalue weighted by atomic mass is 16.4. The van der Waals surface area contributed by atoms with Gasteiger partial charge in [0.2, 0.25) is 0 Å². The average molecular weight is 228 g/mol. The third kappa shape index (κ3) is 12.4. The average Bonchev–Trinajstić information content (AvgIpc) is 2.14. The molecule has 0 aliphatic heterocycles. The van der Waals surface area contributed by atoms with E-state index in [1.54, 1.807) is 13.0 Å². The van der Waals surface area contributed by atoms with Crippen LogP contribution in [0.25, 0.3) is 0 Å². The minimum Gasteiger partial charge on any atom is -0.478 e. The highest BCUT2D eigenvalue weighted by Crippen LogP contribution is 2.03. The van der Waals surface area contributed by atoms with Gasteiger partial charge in [-0.05, 0) is 26.2 Å². The molecule has 0 amide bonds. The molecule has 0 aliphatic rings. The molecule has 0 spiro atoms. The van der Waals surface area contributed by atoms with Gasteiger partial charge in [-0.2, -0.15) is 0 Å². The largest absolute Gasteiger partial charge is 0.478 e. The lowest BCUT2D eigenvalue weighted by Gasteiger charge is -1.97. The molecule has 0 fully saturated rings. The zero-order valence-corrected chi connectivity index (χ0v) is 10.3. The maximum Gasteiger partial charge on any atom is 0.330 e. The quantitative estimate of drug-likeness (QED) is 0.725. The molecule has 0 heterocycles. The summed E-state index contributed by atoms with van der Waals surface area (Å²) in [4.78, 5) is 19.8. The third-order valence-corrected chi connectivity index (χ3v) is 1.60. The molecule has 0 radical (unpaired) electrons. The summed E-state index contributed by atoms with van der Waals surface area (Å²) >= 11 is 0. The van der Waals surface area contributed by atoms with Gasteiger partial charge < -0.3 is 10.2 Å². The minimum atomic E-state index is -0.935. The first-order chi connectivity index (χ1) is 7.18. The molecular formula is C12H20O4. The molecule has 92 valence electrons. The Balaban J connectivity index is 0. The summed E-state index contributed by atoms with van der Waals surface area (Å²) in [6.45, 7) is 10.3. The Bertz CT molecular complexity index is 275. The van der Waals surface area contributed by atoms with Crippen molar-refractivity contribution in [1.82, 2.24) is 0 Å². The Morgan fingerprint density at radius 1 is 1.19 bits per heavy atom. The first-order valence-electron chi connectivity index (χ1n) is 4.97. The van der Waals surface area contributed by atoms with Crippen molar-refractivity contribution in [2.75, 3.05) is 0 Å². The lowest BCUT2D eigenvalue weighted by atomic mass is 10.1. The van der Waals surface area contributed by atoms with Gasteiger partial charge in [0, 0.05) is 11.1 Å². The van der Waals surface area contributed by atoms with E-state index in [-0.39, 0.29) is 5.57 Å². The van der Waals surface area contributed by atoms with Crippen LogP contribution >= 0.6 is 0 Å². The van der Waals surface area contributed by atoms with Gasteiger partial charge in [-0.3, -0.25) is 0 Å². The summed E-state index contributed by atoms with van der Waals surface area (Å²) in [6.07, 6.45) is 2.60. The maximum absolute atomic E-state index is 10.2. The van der Waals surface area contributed by atoms with Crippen LogP contribution in [-0.2, 0) is 9.59 Å². The third-order valence-electron chi connectivity index (χ3n) is 1.60. The minimum absolute atomic E-state index is 0.176. The van der Waals surface area contributed by atoms with Crippen LogP contribution in [-0.4, -0.2) is 22.2 Å². The van der Waals surface area contributed by atoms with E-state index in [4.69, 9.17) is 10.2 Å². The predicted octanol–water partition coefficient (Wildman–Crippen LogP) is 2.71. The van der Waals surface area contributed by atoms with Crippen LogP contribution in [0.2, 0.25) is 0 Å². The number of hydrogen-bond acceptors (Lipinski definition) is 2. The van der Waals surface area contributed by atoms with Crippen LogP contribution < -0.4 is 0 Å². The SMILES string of the molecule is C=C(C)C(=O)O.CC(=CCC(C)C)C(=O)O. The van der Waals surface area contributed by atoms with Crippen molar-refractivity contribution >= 4 is 11.9 Å². The molecule has 2 N–H and O–H groups in total. The smallest absolute Gasteiger partial charge is 0.330 e. The standard InChI is InChI=1S/C8H14O2.C4H6O2/c1-6(2)4-5-7(3)8(9)10;1-3(2)4(5)6/h5-6H,4H2,1-3H3,(H,9,10);1H2,2H3,(H,5,6). The van der Waals surface area contributed by atoms with Crippen molar-refractivity contribution in [3.05, 3.63) is 23.8 Å². The van der Waals surface area contributed by atoms with Crippen molar-refractivity contribution in [2.45, 2.75) is 34.1 Å². The first kappa shape index (κ1) is 16.8. The van der Waals surface area contributed by atoms with Crippen LogP contribution in [0.3, 0.4) is 0 Å². The topological polar surface area (TPSA) is 74.6 Å². The number of carboxylic acid groups (broad SMARTS) is 2. The summed E-state index contributed by atoms with van der Waals surface area (Å²) in [5.41, 5.74) is 0.615. The second-order valence-electron chi connectivity index (χ2n) is 3.91. The number of hydrogen-bond donors (Lipinski definition) is 2. The second-order valence-corrected chi connectivity index (χ2v) is 3.91. The van der Waals surface area contributed by atoms with Gasteiger partial charge in [-0.1, -0.05) is 26.5 Å². The molecule has 16 heavy (non-hydrogen) atoms. The molecule has 0 rings (SSSR count). The Labute approximate surface area is 96.3 Å². The molecule has 4 heteroatoms. The van der Waals surface area contributed by atoms with Gasteiger partial charge in [0.25, 0.3) is 0 Å². The fourth-order valence-corrected chi connectivity index (χ4v) is 0.500. The van der Waals surface area contributed by atoms with Crippen LogP contribution in [0.4, 0.5) is 0 Å². The van der Waals surface area contributed by atoms with Gasteiger partial charge in [-0.15, -0.1) is 0 Å². The molecule has 0 aromatic rings. The van der Waals surface area contributed by atoms with E-state index in [2.05, 4.69) is 20.4 Å². The lowest BCUT2D eigenvalue weighted by molar-refractivity contribution is -0.133. The molecular weight excluding hydrogens is 208 g/mol. The Kier molecular flexibility index (Phi) is 9.16. The van der Waals surface area contributed by atoms with Gasteiger partial charge in [0.05, 0.1) is 0 Å². The summed E-state index contributed by atoms with van der Waals surface area (Å²) in [5, 5.41) is 16.3. The molecule has 0 saturated carbocycles. The molecule has 0 aromatic heterocycles. The van der Waals surface area contributed by atoms with E-state index in [9.17, 15) is 9.59 Å². The summed E-state index contributed by atoms with van der Waals surface area (Å²) in [5.74, 6) is -1.22. The molecule has 0 bridgehead atoms. The van der Waals surface area contributed by atoms with Crippen LogP contribution in [0.5, 0.6) is 0 Å². The van der Waals surface area contributed by atoms with Crippen molar-refractivity contribution in [3.8, 4) is 0 Å². The number of rotatable bonds is 4. The van der Waals surface area contributed by atoms with Crippen LogP contribution in [0.15, 0.2) is 23.8 Å². The normalized spacial score (nSPS) is 10.4. The Hall–Kier alpha value is -1.58. The monoisotopic (exact) mass is 228 g/mol. The number of aliphatic carboxylic acids is 2. The van der Waals surface area contributed by atoms with E-state index in [1.807, 2.05) is 0 Å². The number of carbonyl (C=O) groups is 2. The van der Waals surface area contributed by atoms with Crippen molar-refractivity contribution in [2.24, 2.45) is 5.92 Å². The first-order valence-corrected chi connectivity index (χ1v) is 4.97. The Morgan fingerprint density at radius 3 is 1.75 bits per heavy atom. The fourth-order valence-electron chi connectivity index (χ4n) is 0.500. The van der Waals surface area contributed by atoms with Gasteiger partial charge in [-0.25, -0.2) is 9.59 Å². The lowest BCUT2D eigenvalue weighted by Crippen LogP contribution is -1.96. The van der Waals surface area contributed by atoms with Crippen LogP contribution in [0, 0.1) is 5.92 Å². The van der Waals surface area contributed by atoms with Gasteiger partial charge >= 0.3 is 11.9 Å². The molecule has 0 atom stereocenters. The van der Waals surface area contributed by atoms with Gasteiger partial charge in [0.15, 0.2) is 0 Å².